The molecule has 0 spiro atoms. The summed E-state index contributed by atoms with van der Waals surface area (Å²) in [6.07, 6.45) is 6.01. The minimum absolute atomic E-state index is 0.157. The maximum atomic E-state index is 12.5. The Balaban J connectivity index is 1.83. The summed E-state index contributed by atoms with van der Waals surface area (Å²) in [5.74, 6) is 0.157. The molecule has 1 aromatic heterocycles. The molecule has 0 amide bonds. The predicted molar refractivity (Wildman–Crippen MR) is 86.4 cm³/mol. The Hall–Kier alpha value is -0.820. The van der Waals surface area contributed by atoms with E-state index in [-0.39, 0.29) is 16.0 Å². The first-order valence-electron chi connectivity index (χ1n) is 7.55. The number of aromatic nitrogens is 1. The Kier molecular flexibility index (Phi) is 3.68. The zero-order valence-electron chi connectivity index (χ0n) is 12.6. The van der Waals surface area contributed by atoms with E-state index in [1.54, 1.807) is 0 Å². The number of rotatable bonds is 4. The summed E-state index contributed by atoms with van der Waals surface area (Å²) < 4.78 is 29.1. The van der Waals surface area contributed by atoms with Crippen LogP contribution in [0, 0.1) is 5.41 Å². The lowest BCUT2D eigenvalue weighted by Gasteiger charge is -2.35. The molecule has 2 aliphatic carbocycles. The first-order chi connectivity index (χ1) is 9.79. The topological polar surface area (TPSA) is 85.1 Å². The van der Waals surface area contributed by atoms with E-state index < -0.39 is 9.84 Å². The molecule has 3 rings (SSSR count). The van der Waals surface area contributed by atoms with Crippen LogP contribution >= 0.6 is 11.5 Å². The van der Waals surface area contributed by atoms with Gasteiger partial charge in [-0.25, -0.2) is 8.42 Å². The van der Waals surface area contributed by atoms with Crippen LogP contribution in [0.5, 0.6) is 0 Å². The number of nitrogens with zero attached hydrogens (tertiary/aromatic N) is 1. The Labute approximate surface area is 130 Å². The lowest BCUT2D eigenvalue weighted by molar-refractivity contribution is 0.229. The van der Waals surface area contributed by atoms with Crippen molar-refractivity contribution in [2.45, 2.75) is 68.6 Å². The van der Waals surface area contributed by atoms with Crippen LogP contribution < -0.4 is 11.1 Å². The zero-order chi connectivity index (χ0) is 15.3. The highest BCUT2D eigenvalue weighted by Gasteiger charge is 2.41. The number of hydrogen-bond donors (Lipinski definition) is 2. The smallest absolute Gasteiger partial charge is 0.187 e. The van der Waals surface area contributed by atoms with Gasteiger partial charge >= 0.3 is 0 Å². The van der Waals surface area contributed by atoms with Crippen LogP contribution in [0.1, 0.15) is 52.4 Å². The first-order valence-corrected chi connectivity index (χ1v) is 9.87. The van der Waals surface area contributed by atoms with Crippen LogP contribution in [0.15, 0.2) is 4.90 Å². The molecule has 0 saturated heterocycles. The van der Waals surface area contributed by atoms with E-state index >= 15 is 0 Å². The van der Waals surface area contributed by atoms with Crippen LogP contribution in [0.4, 0.5) is 10.8 Å². The third kappa shape index (κ3) is 3.04. The van der Waals surface area contributed by atoms with Gasteiger partial charge in [0.2, 0.25) is 0 Å². The second kappa shape index (κ2) is 5.12. The largest absolute Gasteiger partial charge is 0.382 e. The van der Waals surface area contributed by atoms with Crippen LogP contribution in [-0.4, -0.2) is 24.1 Å². The molecule has 1 atom stereocenters. The van der Waals surface area contributed by atoms with Gasteiger partial charge in [-0.15, -0.1) is 0 Å². The molecule has 2 aliphatic rings. The fourth-order valence-electron chi connectivity index (χ4n) is 3.21. The summed E-state index contributed by atoms with van der Waals surface area (Å²) in [6.45, 7) is 4.54. The fourth-order valence-corrected chi connectivity index (χ4v) is 6.16. The van der Waals surface area contributed by atoms with Gasteiger partial charge in [-0.3, -0.25) is 0 Å². The zero-order valence-corrected chi connectivity index (χ0v) is 14.2. The van der Waals surface area contributed by atoms with E-state index in [2.05, 4.69) is 23.5 Å². The molecule has 0 radical (unpaired) electrons. The number of anilines is 2. The second-order valence-electron chi connectivity index (χ2n) is 7.07. The van der Waals surface area contributed by atoms with Gasteiger partial charge in [0.05, 0.1) is 5.25 Å². The van der Waals surface area contributed by atoms with Gasteiger partial charge in [-0.1, -0.05) is 20.3 Å². The summed E-state index contributed by atoms with van der Waals surface area (Å²) in [7, 11) is -3.30. The highest BCUT2D eigenvalue weighted by molar-refractivity contribution is 7.92. The first kappa shape index (κ1) is 15.1. The van der Waals surface area contributed by atoms with Gasteiger partial charge in [0, 0.05) is 6.04 Å². The normalized spacial score (nSPS) is 25.7. The second-order valence-corrected chi connectivity index (χ2v) is 10.0. The summed E-state index contributed by atoms with van der Waals surface area (Å²) >= 11 is 1.18. The van der Waals surface area contributed by atoms with Crippen molar-refractivity contribution in [2.75, 3.05) is 11.1 Å². The molecule has 1 aromatic rings. The van der Waals surface area contributed by atoms with Crippen LogP contribution in [0.25, 0.3) is 0 Å². The number of nitrogen functional groups attached to an aromatic ring is 1. The summed E-state index contributed by atoms with van der Waals surface area (Å²) in [5.41, 5.74) is 6.14. The molecule has 1 unspecified atom stereocenters. The van der Waals surface area contributed by atoms with Crippen molar-refractivity contribution in [1.29, 1.82) is 0 Å². The molecule has 2 fully saturated rings. The number of nitrogens with one attached hydrogen (secondary N) is 1. The molecule has 21 heavy (non-hydrogen) atoms. The molecular weight excluding hydrogens is 306 g/mol. The maximum absolute atomic E-state index is 12.5. The van der Waals surface area contributed by atoms with Crippen molar-refractivity contribution >= 4 is 32.2 Å². The Bertz CT molecular complexity index is 633. The molecule has 7 heteroatoms. The van der Waals surface area contributed by atoms with E-state index in [4.69, 9.17) is 5.73 Å². The van der Waals surface area contributed by atoms with Gasteiger partial charge in [0.15, 0.2) is 15.7 Å². The highest BCUT2D eigenvalue weighted by Crippen LogP contribution is 2.43. The molecule has 5 nitrogen and oxygen atoms in total. The lowest BCUT2D eigenvalue weighted by Crippen LogP contribution is -2.32. The number of sulfone groups is 1. The summed E-state index contributed by atoms with van der Waals surface area (Å²) in [4.78, 5) is 0.248. The van der Waals surface area contributed by atoms with Gasteiger partial charge < -0.3 is 11.1 Å². The Morgan fingerprint density at radius 1 is 1.33 bits per heavy atom. The van der Waals surface area contributed by atoms with E-state index in [1.807, 2.05) is 0 Å². The average molecular weight is 329 g/mol. The van der Waals surface area contributed by atoms with Crippen molar-refractivity contribution in [2.24, 2.45) is 5.41 Å². The minimum atomic E-state index is -3.30. The third-order valence-electron chi connectivity index (χ3n) is 4.46. The quantitative estimate of drug-likeness (QED) is 0.887. The van der Waals surface area contributed by atoms with Gasteiger partial charge in [0.1, 0.15) is 9.90 Å². The van der Waals surface area contributed by atoms with Gasteiger partial charge in [-0.2, -0.15) is 4.37 Å². The minimum Gasteiger partial charge on any atom is -0.382 e. The number of nitrogens with two attached hydrogens (primary N) is 1. The maximum Gasteiger partial charge on any atom is 0.187 e. The standard InChI is InChI=1S/C14H23N3O2S2/c1-14(2)7-3-4-9(8-14)16-13-11(12(15)17-20-13)21(18,19)10-5-6-10/h9-10,16H,3-8H2,1-2H3,(H2,15,17). The van der Waals surface area contributed by atoms with Crippen molar-refractivity contribution < 1.29 is 8.42 Å². The molecule has 3 N–H and O–H groups in total. The van der Waals surface area contributed by atoms with Crippen molar-refractivity contribution in [3.8, 4) is 0 Å². The van der Waals surface area contributed by atoms with E-state index in [1.165, 1.54) is 24.4 Å². The summed E-state index contributed by atoms with van der Waals surface area (Å²) in [6, 6.07) is 0.307. The van der Waals surface area contributed by atoms with Crippen molar-refractivity contribution in [3.05, 3.63) is 0 Å². The molecular formula is C14H23N3O2S2. The van der Waals surface area contributed by atoms with Crippen molar-refractivity contribution in [1.82, 2.24) is 4.37 Å². The predicted octanol–water partition coefficient (Wildman–Crippen LogP) is 3.04. The third-order valence-corrected chi connectivity index (χ3v) is 7.72. The van der Waals surface area contributed by atoms with Crippen LogP contribution in [-0.2, 0) is 9.84 Å². The lowest BCUT2D eigenvalue weighted by atomic mass is 9.75. The van der Waals surface area contributed by atoms with Gasteiger partial charge in [0.25, 0.3) is 0 Å². The van der Waals surface area contributed by atoms with Gasteiger partial charge in [-0.05, 0) is 49.1 Å². The monoisotopic (exact) mass is 329 g/mol. The molecule has 0 aromatic carbocycles. The fraction of sp³-hybridized carbons (Fsp3) is 0.786. The number of hydrogen-bond acceptors (Lipinski definition) is 6. The molecule has 118 valence electrons. The Morgan fingerprint density at radius 2 is 2.05 bits per heavy atom. The highest BCUT2D eigenvalue weighted by atomic mass is 32.2. The molecule has 1 heterocycles. The van der Waals surface area contributed by atoms with Crippen LogP contribution in [0.2, 0.25) is 0 Å². The molecule has 0 aliphatic heterocycles. The van der Waals surface area contributed by atoms with E-state index in [0.717, 1.165) is 25.7 Å². The summed E-state index contributed by atoms with van der Waals surface area (Å²) in [5, 5.41) is 3.80. The molecule has 0 bridgehead atoms. The Morgan fingerprint density at radius 3 is 2.67 bits per heavy atom. The van der Waals surface area contributed by atoms with Crippen LogP contribution in [0.3, 0.4) is 0 Å². The average Bonchev–Trinajstić information content (AvgIpc) is 3.14. The molecule has 2 saturated carbocycles. The SMILES string of the molecule is CC1(C)CCCC(Nc2snc(N)c2S(=O)(=O)C2CC2)C1. The van der Waals surface area contributed by atoms with Crippen molar-refractivity contribution in [3.63, 3.8) is 0 Å². The van der Waals surface area contributed by atoms with E-state index in [9.17, 15) is 8.42 Å². The van der Waals surface area contributed by atoms with E-state index in [0.29, 0.717) is 16.5 Å².